The van der Waals surface area contributed by atoms with E-state index in [1.165, 1.54) is 6.92 Å². The number of amides is 4. The molecule has 0 bridgehead atoms. The van der Waals surface area contributed by atoms with Gasteiger partial charge in [0.25, 0.3) is 5.79 Å². The number of aliphatic carboxylic acids is 1. The van der Waals surface area contributed by atoms with E-state index in [1.807, 2.05) is 0 Å². The maximum atomic E-state index is 13.6. The first kappa shape index (κ1) is 78.4. The molecule has 0 saturated carbocycles. The molecule has 0 spiro atoms. The molecule has 0 aromatic carbocycles. The van der Waals surface area contributed by atoms with Gasteiger partial charge in [-0.3, -0.25) is 19.2 Å². The van der Waals surface area contributed by atoms with Gasteiger partial charge < -0.3 is 185 Å². The van der Waals surface area contributed by atoms with Gasteiger partial charge in [0.15, 0.2) is 37.7 Å². The summed E-state index contributed by atoms with van der Waals surface area (Å²) in [4.78, 5) is 64.5. The molecule has 7 aliphatic rings. The Balaban J connectivity index is 1.25. The molecule has 0 aromatic heterocycles. The van der Waals surface area contributed by atoms with Crippen LogP contribution in [0.25, 0.3) is 0 Å². The average molecular weight is 1390 g/mol. The molecule has 548 valence electrons. The van der Waals surface area contributed by atoms with Crippen LogP contribution in [-0.4, -0.2) is 392 Å². The van der Waals surface area contributed by atoms with Crippen molar-refractivity contribution in [1.82, 2.24) is 21.3 Å². The number of rotatable bonds is 25. The topological polar surface area (TPSA) is 658 Å². The minimum Gasteiger partial charge on any atom is -0.477 e. The van der Waals surface area contributed by atoms with Crippen LogP contribution in [0.3, 0.4) is 0 Å². The minimum absolute atomic E-state index is 0.825. The molecule has 7 saturated heterocycles. The lowest BCUT2D eigenvalue weighted by Gasteiger charge is -2.52. The number of aliphatic hydroxyl groups is 19. The quantitative estimate of drug-likeness (QED) is 0.0404. The van der Waals surface area contributed by atoms with Crippen LogP contribution in [0.5, 0.6) is 0 Å². The summed E-state index contributed by atoms with van der Waals surface area (Å²) in [6.07, 6.45) is -65.1. The zero-order valence-electron chi connectivity index (χ0n) is 51.4. The highest BCUT2D eigenvalue weighted by Crippen LogP contribution is 2.41. The summed E-state index contributed by atoms with van der Waals surface area (Å²) in [5.41, 5.74) is 0. The lowest BCUT2D eigenvalue weighted by Crippen LogP contribution is -2.72. The van der Waals surface area contributed by atoms with Crippen LogP contribution in [-0.2, 0) is 85.6 Å². The Morgan fingerprint density at radius 3 is 1.43 bits per heavy atom. The molecule has 42 heteroatoms. The van der Waals surface area contributed by atoms with Crippen molar-refractivity contribution in [1.29, 1.82) is 0 Å². The maximum Gasteiger partial charge on any atom is 0.364 e. The van der Waals surface area contributed by atoms with E-state index in [0.717, 1.165) is 27.7 Å². The zero-order chi connectivity index (χ0) is 70.6. The van der Waals surface area contributed by atoms with E-state index in [1.54, 1.807) is 0 Å². The highest BCUT2D eigenvalue weighted by molar-refractivity contribution is 5.77. The smallest absolute Gasteiger partial charge is 0.364 e. The van der Waals surface area contributed by atoms with Crippen LogP contribution in [0.4, 0.5) is 0 Å². The van der Waals surface area contributed by atoms with Gasteiger partial charge in [-0.1, -0.05) is 0 Å². The van der Waals surface area contributed by atoms with Gasteiger partial charge in [0.05, 0.1) is 57.9 Å². The predicted octanol–water partition coefficient (Wildman–Crippen LogP) is -15.5. The van der Waals surface area contributed by atoms with Crippen molar-refractivity contribution in [2.75, 3.05) is 39.6 Å². The highest BCUT2D eigenvalue weighted by Gasteiger charge is 2.63. The number of hydrogen-bond donors (Lipinski definition) is 24. The van der Waals surface area contributed by atoms with Crippen molar-refractivity contribution in [3.63, 3.8) is 0 Å². The summed E-state index contributed by atoms with van der Waals surface area (Å²) < 4.78 is 77.2. The molecule has 24 N–H and O–H groups in total. The molecule has 95 heavy (non-hydrogen) atoms. The first-order valence-corrected chi connectivity index (χ1v) is 30.1. The van der Waals surface area contributed by atoms with Gasteiger partial charge in [-0.05, 0) is 6.92 Å². The maximum absolute atomic E-state index is 13.6. The minimum atomic E-state index is -3.41. The van der Waals surface area contributed by atoms with Crippen LogP contribution >= 0.6 is 0 Å². The molecule has 0 unspecified atom stereocenters. The first-order valence-electron chi connectivity index (χ1n) is 30.1. The molecule has 7 rings (SSSR count). The lowest BCUT2D eigenvalue weighted by molar-refractivity contribution is -0.401. The number of carbonyl (C=O) groups excluding carboxylic acids is 4. The molecular formula is C53H88N4O38. The number of carbonyl (C=O) groups is 5. The van der Waals surface area contributed by atoms with Crippen molar-refractivity contribution in [3.8, 4) is 0 Å². The number of carboxylic acid groups (broad SMARTS) is 1. The molecule has 4 amide bonds. The molecule has 7 heterocycles. The molecule has 0 aliphatic carbocycles. The van der Waals surface area contributed by atoms with Gasteiger partial charge in [-0.15, -0.1) is 0 Å². The number of hydrogen-bond acceptors (Lipinski definition) is 37. The fraction of sp³-hybridized carbons (Fsp3) is 0.906. The number of ether oxygens (including phenoxy) is 13. The van der Waals surface area contributed by atoms with Crippen LogP contribution in [0.15, 0.2) is 0 Å². The van der Waals surface area contributed by atoms with Crippen LogP contribution in [0, 0.1) is 0 Å². The van der Waals surface area contributed by atoms with Crippen LogP contribution in [0.2, 0.25) is 0 Å². The third-order valence-corrected chi connectivity index (χ3v) is 17.1. The Kier molecular flexibility index (Phi) is 27.6. The highest BCUT2D eigenvalue weighted by atomic mass is 16.8. The van der Waals surface area contributed by atoms with E-state index in [9.17, 15) is 126 Å². The van der Waals surface area contributed by atoms with E-state index >= 15 is 0 Å². The summed E-state index contributed by atoms with van der Waals surface area (Å²) in [5.74, 6) is -9.19. The van der Waals surface area contributed by atoms with E-state index < -0.39 is 296 Å². The summed E-state index contributed by atoms with van der Waals surface area (Å²) in [7, 11) is 0. The Hall–Kier alpha value is -3.93. The average Bonchev–Trinajstić information content (AvgIpc) is 0.756. The standard InChI is InChI=1S/C53H88N4O38/c1-13-29(69)35(75)37(77)49(84-13)90-40-22(10-61)88-47(28(57-17(5)66)44(40)93-48-26(55-15(3)64)34(74)31(71)20(8-59)86-48)83-12-24-33(73)42(27(46(80)85-24)56-16(4)65)92-51-39(79)45(41(23(11-62)89-51)91-50-38(78)36(76)32(72)21(9-60)87-50)95-53(52(81)82)6-18(67)25(54-14(2)63)43(94-53)30(70)19(68)7-58/h13,18-51,58-62,67-80H,6-12H2,1-5H3,(H,54,63)(H,55,64)(H,56,65)(H,57,66)(H,81,82)/t13-,18-,19+,20+,21+,22+,23+,24+,25+,26+,27+,28+,29+,30+,31+,32-,33-,34+,35+,36-,37-,38+,39+,40+,41-,42+,43+,44+,45+,46-,47+,48-,49-,50-,51-,53-/m0/s1. The van der Waals surface area contributed by atoms with Crippen LogP contribution in [0.1, 0.15) is 41.0 Å². The largest absolute Gasteiger partial charge is 0.477 e. The van der Waals surface area contributed by atoms with Gasteiger partial charge >= 0.3 is 5.97 Å². The third kappa shape index (κ3) is 17.5. The van der Waals surface area contributed by atoms with Gasteiger partial charge in [-0.2, -0.15) is 0 Å². The summed E-state index contributed by atoms with van der Waals surface area (Å²) >= 11 is 0. The van der Waals surface area contributed by atoms with Gasteiger partial charge in [0.1, 0.15) is 159 Å². The summed E-state index contributed by atoms with van der Waals surface area (Å²) in [5, 5.41) is 229. The molecule has 7 fully saturated rings. The van der Waals surface area contributed by atoms with E-state index in [2.05, 4.69) is 21.3 Å². The van der Waals surface area contributed by atoms with Crippen LogP contribution < -0.4 is 21.3 Å². The van der Waals surface area contributed by atoms with E-state index in [0.29, 0.717) is 0 Å². The molecule has 0 radical (unpaired) electrons. The fourth-order valence-corrected chi connectivity index (χ4v) is 12.2. The Morgan fingerprint density at radius 2 is 0.895 bits per heavy atom. The van der Waals surface area contributed by atoms with Crippen molar-refractivity contribution in [3.05, 3.63) is 0 Å². The first-order chi connectivity index (χ1) is 44.7. The van der Waals surface area contributed by atoms with Gasteiger partial charge in [0.2, 0.25) is 23.6 Å². The molecule has 7 aliphatic heterocycles. The summed E-state index contributed by atoms with van der Waals surface area (Å²) in [6.45, 7) is -1.51. The van der Waals surface area contributed by atoms with Gasteiger partial charge in [-0.25, -0.2) is 4.79 Å². The fourth-order valence-electron chi connectivity index (χ4n) is 12.2. The lowest BCUT2D eigenvalue weighted by atomic mass is 9.88. The normalized spacial score (nSPS) is 46.4. The SMILES string of the molecule is CC(=O)N[C@@H]1[C@@H](O[C@@H]2O[C@H](CO)[C@H](O[C@@H]3O[C@H](CO)[C@H](O)[C@H](O)[C@H]3O)[C@H](O[C@]3(C(=O)O)C[C@H](O)[C@@H](NC(C)=O)[C@H]([C@H](O)[C@H](O)CO)O3)[C@H]2O)[C@@H](O)[C@@H](CO[C@@H]2O[C@H](CO)[C@@H](O[C@@H]3O[C@@H](C)[C@@H](O)[C@@H](O)[C@@H]3O)[C@H](O[C@@H]3O[C@H](CO)[C@@H](O)[C@H](O)[C@H]3NC(C)=O)[C@H]2NC(C)=O)O[C@@H]1O. The Labute approximate surface area is 538 Å². The van der Waals surface area contributed by atoms with E-state index in [-0.39, 0.29) is 0 Å². The monoisotopic (exact) mass is 1390 g/mol. The van der Waals surface area contributed by atoms with E-state index in [4.69, 9.17) is 61.6 Å². The molecule has 36 atom stereocenters. The second kappa shape index (κ2) is 33.5. The van der Waals surface area contributed by atoms with Gasteiger partial charge in [0, 0.05) is 34.1 Å². The summed E-state index contributed by atoms with van der Waals surface area (Å²) in [6, 6.07) is -7.29. The third-order valence-electron chi connectivity index (χ3n) is 17.1. The second-order valence-corrected chi connectivity index (χ2v) is 24.0. The number of nitrogens with one attached hydrogen (secondary N) is 4. The van der Waals surface area contributed by atoms with Crippen molar-refractivity contribution >= 4 is 29.6 Å². The van der Waals surface area contributed by atoms with Crippen molar-refractivity contribution in [2.24, 2.45) is 0 Å². The number of carboxylic acids is 1. The number of aliphatic hydroxyl groups excluding tert-OH is 19. The Morgan fingerprint density at radius 1 is 0.453 bits per heavy atom. The molecule has 0 aromatic rings. The predicted molar refractivity (Wildman–Crippen MR) is 294 cm³/mol. The van der Waals surface area contributed by atoms with Crippen molar-refractivity contribution in [2.45, 2.75) is 261 Å². The second-order valence-electron chi connectivity index (χ2n) is 24.0. The zero-order valence-corrected chi connectivity index (χ0v) is 51.4. The molecular weight excluding hydrogens is 1300 g/mol. The van der Waals surface area contributed by atoms with Crippen molar-refractivity contribution < 1.29 is 188 Å². The molecule has 42 nitrogen and oxygen atoms in total. The Bertz CT molecular complexity index is 2520.